The van der Waals surface area contributed by atoms with E-state index in [-0.39, 0.29) is 25.7 Å². The van der Waals surface area contributed by atoms with Crippen molar-refractivity contribution in [2.24, 2.45) is 0 Å². The first kappa shape index (κ1) is 18.1. The average molecular weight is 287 g/mol. The van der Waals surface area contributed by atoms with Crippen LogP contribution in [0.25, 0.3) is 0 Å². The van der Waals surface area contributed by atoms with Gasteiger partial charge in [-0.1, -0.05) is 6.58 Å². The Labute approximate surface area is 118 Å². The molecule has 0 rings (SSSR count). The van der Waals surface area contributed by atoms with E-state index in [0.29, 0.717) is 6.61 Å². The van der Waals surface area contributed by atoms with Crippen LogP contribution >= 0.6 is 0 Å². The van der Waals surface area contributed by atoms with Gasteiger partial charge < -0.3 is 19.3 Å². The Balaban J connectivity index is 4.45. The largest absolute Gasteiger partial charge is 0.501 e. The number of hydrogen-bond donors (Lipinski definition) is 1. The molecule has 114 valence electrons. The highest BCUT2D eigenvalue weighted by Crippen LogP contribution is 2.04. The first-order chi connectivity index (χ1) is 9.56. The van der Waals surface area contributed by atoms with E-state index in [1.165, 1.54) is 24.3 Å². The second-order valence-electron chi connectivity index (χ2n) is 3.55. The van der Waals surface area contributed by atoms with Crippen LogP contribution in [0.15, 0.2) is 25.1 Å². The fourth-order valence-corrected chi connectivity index (χ4v) is 1.25. The lowest BCUT2D eigenvalue weighted by Gasteiger charge is -2.26. The molecule has 0 aromatic rings. The van der Waals surface area contributed by atoms with Crippen molar-refractivity contribution < 1.29 is 28.9 Å². The van der Waals surface area contributed by atoms with Crippen molar-refractivity contribution in [1.82, 2.24) is 4.90 Å². The molecule has 0 aromatic heterocycles. The van der Waals surface area contributed by atoms with Crippen LogP contribution < -0.4 is 0 Å². The number of carbonyl (C=O) groups excluding carboxylic acids is 2. The van der Waals surface area contributed by atoms with E-state index in [2.05, 4.69) is 6.58 Å². The molecule has 0 saturated heterocycles. The van der Waals surface area contributed by atoms with Crippen molar-refractivity contribution in [2.75, 3.05) is 26.4 Å². The van der Waals surface area contributed by atoms with E-state index in [1.54, 1.807) is 6.92 Å². The molecular formula is C13H21NO6. The summed E-state index contributed by atoms with van der Waals surface area (Å²) in [5.41, 5.74) is 0. The van der Waals surface area contributed by atoms with Crippen LogP contribution in [0.1, 0.15) is 13.8 Å². The molecule has 7 nitrogen and oxygen atoms in total. The number of rotatable bonds is 10. The van der Waals surface area contributed by atoms with Gasteiger partial charge in [0.05, 0.1) is 32.2 Å². The lowest BCUT2D eigenvalue weighted by atomic mass is 10.4. The molecule has 0 saturated carbocycles. The summed E-state index contributed by atoms with van der Waals surface area (Å²) >= 11 is 0. The van der Waals surface area contributed by atoms with Crippen molar-refractivity contribution in [1.29, 1.82) is 0 Å². The molecule has 0 aliphatic rings. The van der Waals surface area contributed by atoms with E-state index in [9.17, 15) is 9.59 Å². The number of aliphatic hydroxyl groups excluding tert-OH is 1. The van der Waals surface area contributed by atoms with Crippen LogP contribution in [0.3, 0.4) is 0 Å². The number of ether oxygens (including phenoxy) is 3. The minimum Gasteiger partial charge on any atom is -0.501 e. The van der Waals surface area contributed by atoms with Crippen molar-refractivity contribution in [3.63, 3.8) is 0 Å². The average Bonchev–Trinajstić information content (AvgIpc) is 2.41. The molecule has 20 heavy (non-hydrogen) atoms. The van der Waals surface area contributed by atoms with Crippen molar-refractivity contribution >= 4 is 11.9 Å². The fourth-order valence-electron chi connectivity index (χ4n) is 1.25. The Bertz CT molecular complexity index is 342. The third-order valence-corrected chi connectivity index (χ3v) is 2.11. The Morgan fingerprint density at radius 1 is 1.45 bits per heavy atom. The molecule has 1 atom stereocenters. The first-order valence-corrected chi connectivity index (χ1v) is 6.15. The Morgan fingerprint density at radius 2 is 2.15 bits per heavy atom. The molecule has 0 fully saturated rings. The monoisotopic (exact) mass is 287 g/mol. The molecule has 0 aromatic carbocycles. The maximum Gasteiger partial charge on any atom is 0.334 e. The van der Waals surface area contributed by atoms with Gasteiger partial charge in [0.15, 0.2) is 6.23 Å². The van der Waals surface area contributed by atoms with Crippen molar-refractivity contribution in [2.45, 2.75) is 20.1 Å². The summed E-state index contributed by atoms with van der Waals surface area (Å²) in [6, 6.07) is 0. The normalized spacial score (nSPS) is 11.9. The van der Waals surface area contributed by atoms with E-state index in [1.807, 2.05) is 0 Å². The van der Waals surface area contributed by atoms with Gasteiger partial charge in [0, 0.05) is 13.1 Å². The SMILES string of the molecule is C=CN(C(C)=O)C(COC(=O)C=COCC)OCCO. The molecule has 1 unspecified atom stereocenters. The summed E-state index contributed by atoms with van der Waals surface area (Å²) in [4.78, 5) is 23.9. The maximum atomic E-state index is 11.4. The third-order valence-electron chi connectivity index (χ3n) is 2.11. The summed E-state index contributed by atoms with van der Waals surface area (Å²) in [6.07, 6.45) is 2.79. The van der Waals surface area contributed by atoms with E-state index < -0.39 is 12.2 Å². The molecule has 0 heterocycles. The van der Waals surface area contributed by atoms with Gasteiger partial charge in [-0.05, 0) is 6.92 Å². The number of esters is 1. The maximum absolute atomic E-state index is 11.4. The fraction of sp³-hybridized carbons (Fsp3) is 0.538. The predicted molar refractivity (Wildman–Crippen MR) is 71.3 cm³/mol. The van der Waals surface area contributed by atoms with Gasteiger partial charge in [0.1, 0.15) is 6.61 Å². The molecule has 0 aliphatic carbocycles. The summed E-state index contributed by atoms with van der Waals surface area (Å²) in [5, 5.41) is 8.74. The van der Waals surface area contributed by atoms with E-state index in [4.69, 9.17) is 19.3 Å². The third kappa shape index (κ3) is 7.55. The van der Waals surface area contributed by atoms with Gasteiger partial charge >= 0.3 is 5.97 Å². The lowest BCUT2D eigenvalue weighted by Crippen LogP contribution is -2.41. The summed E-state index contributed by atoms with van der Waals surface area (Å²) in [5.74, 6) is -0.938. The van der Waals surface area contributed by atoms with E-state index in [0.717, 1.165) is 6.08 Å². The van der Waals surface area contributed by atoms with E-state index >= 15 is 0 Å². The smallest absolute Gasteiger partial charge is 0.334 e. The van der Waals surface area contributed by atoms with Crippen molar-refractivity contribution in [3.8, 4) is 0 Å². The Kier molecular flexibility index (Phi) is 9.98. The summed E-state index contributed by atoms with van der Waals surface area (Å²) < 4.78 is 15.0. The Hall–Kier alpha value is -1.86. The van der Waals surface area contributed by atoms with Crippen LogP contribution in [0, 0.1) is 0 Å². The second-order valence-corrected chi connectivity index (χ2v) is 3.55. The van der Waals surface area contributed by atoms with Gasteiger partial charge in [0.25, 0.3) is 0 Å². The number of aliphatic hydroxyl groups is 1. The minimum atomic E-state index is -0.832. The highest BCUT2D eigenvalue weighted by atomic mass is 16.6. The molecule has 1 N–H and O–H groups in total. The predicted octanol–water partition coefficient (Wildman–Crippen LogP) is 0.407. The molecular weight excluding hydrogens is 266 g/mol. The van der Waals surface area contributed by atoms with Gasteiger partial charge in [0.2, 0.25) is 5.91 Å². The lowest BCUT2D eigenvalue weighted by molar-refractivity contribution is -0.156. The van der Waals surface area contributed by atoms with Crippen LogP contribution in [0.5, 0.6) is 0 Å². The quantitative estimate of drug-likeness (QED) is 0.271. The molecule has 1 amide bonds. The number of hydrogen-bond acceptors (Lipinski definition) is 6. The zero-order valence-electron chi connectivity index (χ0n) is 11.8. The topological polar surface area (TPSA) is 85.3 Å². The van der Waals surface area contributed by atoms with Crippen LogP contribution in [0.2, 0.25) is 0 Å². The first-order valence-electron chi connectivity index (χ1n) is 6.15. The standard InChI is InChI=1S/C13H21NO6/c1-4-14(11(3)16)12(19-9-7-15)10-20-13(17)6-8-18-5-2/h4,6,8,12,15H,1,5,7,9-10H2,2-3H3. The zero-order valence-corrected chi connectivity index (χ0v) is 11.8. The number of nitrogens with zero attached hydrogens (tertiary/aromatic N) is 1. The number of amides is 1. The Morgan fingerprint density at radius 3 is 2.65 bits per heavy atom. The van der Waals surface area contributed by atoms with Crippen LogP contribution in [0.4, 0.5) is 0 Å². The molecule has 0 spiro atoms. The van der Waals surface area contributed by atoms with Gasteiger partial charge in [-0.25, -0.2) is 4.79 Å². The summed E-state index contributed by atoms with van der Waals surface area (Å²) in [6.45, 7) is 6.66. The van der Waals surface area contributed by atoms with Gasteiger partial charge in [-0.15, -0.1) is 0 Å². The second kappa shape index (κ2) is 11.0. The zero-order chi connectivity index (χ0) is 15.4. The van der Waals surface area contributed by atoms with Crippen LogP contribution in [-0.4, -0.2) is 54.5 Å². The number of carbonyl (C=O) groups is 2. The highest BCUT2D eigenvalue weighted by Gasteiger charge is 2.20. The summed E-state index contributed by atoms with van der Waals surface area (Å²) in [7, 11) is 0. The van der Waals surface area contributed by atoms with Crippen molar-refractivity contribution in [3.05, 3.63) is 25.1 Å². The van der Waals surface area contributed by atoms with Gasteiger partial charge in [-0.2, -0.15) is 0 Å². The highest BCUT2D eigenvalue weighted by molar-refractivity contribution is 5.81. The molecule has 7 heteroatoms. The molecule has 0 aliphatic heterocycles. The molecule has 0 radical (unpaired) electrons. The van der Waals surface area contributed by atoms with Gasteiger partial charge in [-0.3, -0.25) is 9.69 Å². The van der Waals surface area contributed by atoms with Crippen LogP contribution in [-0.2, 0) is 23.8 Å². The minimum absolute atomic E-state index is 0.00855. The molecule has 0 bridgehead atoms.